The third-order valence-electron chi connectivity index (χ3n) is 4.91. The number of esters is 1. The van der Waals surface area contributed by atoms with Gasteiger partial charge in [-0.15, -0.1) is 0 Å². The monoisotopic (exact) mass is 399 g/mol. The first-order valence-corrected chi connectivity index (χ1v) is 10.2. The van der Waals surface area contributed by atoms with Crippen molar-refractivity contribution in [3.63, 3.8) is 0 Å². The Labute approximate surface area is 157 Å². The number of piperazine rings is 1. The Morgan fingerprint density at radius 1 is 1.33 bits per heavy atom. The van der Waals surface area contributed by atoms with Gasteiger partial charge in [0.2, 0.25) is 15.9 Å². The van der Waals surface area contributed by atoms with E-state index in [0.29, 0.717) is 25.9 Å². The molecule has 2 aliphatic rings. The third-order valence-corrected chi connectivity index (χ3v) is 6.82. The predicted octanol–water partition coefficient (Wildman–Crippen LogP) is 0.197. The highest BCUT2D eigenvalue weighted by molar-refractivity contribution is 7.89. The molecule has 1 unspecified atom stereocenters. The first-order chi connectivity index (χ1) is 12.9. The Morgan fingerprint density at radius 3 is 2.81 bits per heavy atom. The fraction of sp³-hybridized carbons (Fsp3) is 0.529. The van der Waals surface area contributed by atoms with Crippen molar-refractivity contribution < 1.29 is 27.1 Å². The second-order valence-corrected chi connectivity index (χ2v) is 8.43. The molecule has 1 aromatic carbocycles. The molecule has 0 spiro atoms. The number of nitrogens with zero attached hydrogens (tertiary/aromatic N) is 2. The van der Waals surface area contributed by atoms with Crippen molar-refractivity contribution in [3.05, 3.63) is 29.6 Å². The number of nitrogens with one attached hydrogen (secondary N) is 1. The average molecular weight is 399 g/mol. The highest BCUT2D eigenvalue weighted by Crippen LogP contribution is 2.27. The summed E-state index contributed by atoms with van der Waals surface area (Å²) in [6.45, 7) is 1.78. The molecule has 1 amide bonds. The molecule has 0 radical (unpaired) electrons. The zero-order valence-electron chi connectivity index (χ0n) is 15.0. The largest absolute Gasteiger partial charge is 0.465 e. The van der Waals surface area contributed by atoms with Crippen LogP contribution in [-0.2, 0) is 19.6 Å². The summed E-state index contributed by atoms with van der Waals surface area (Å²) in [4.78, 5) is 25.3. The fourth-order valence-corrected chi connectivity index (χ4v) is 5.26. The molecule has 2 saturated heterocycles. The molecule has 1 aromatic rings. The van der Waals surface area contributed by atoms with Gasteiger partial charge in [0.05, 0.1) is 18.6 Å². The molecular weight excluding hydrogens is 377 g/mol. The number of carbonyl (C=O) groups is 2. The van der Waals surface area contributed by atoms with Crippen LogP contribution in [0.25, 0.3) is 0 Å². The summed E-state index contributed by atoms with van der Waals surface area (Å²) >= 11 is 0. The molecular formula is C17H22FN3O5S. The van der Waals surface area contributed by atoms with E-state index in [9.17, 15) is 22.4 Å². The van der Waals surface area contributed by atoms with E-state index < -0.39 is 32.3 Å². The number of hydrogen-bond donors (Lipinski definition) is 1. The first kappa shape index (κ1) is 19.7. The van der Waals surface area contributed by atoms with Crippen molar-refractivity contribution in [3.8, 4) is 0 Å². The van der Waals surface area contributed by atoms with Crippen molar-refractivity contribution in [1.82, 2.24) is 14.5 Å². The van der Waals surface area contributed by atoms with Crippen LogP contribution in [0, 0.1) is 5.82 Å². The SMILES string of the molecule is COC(=O)c1c(F)cccc1S(=O)(=O)N1CCCC(N2CCNCC2=O)C1. The number of methoxy groups -OCH3 is 1. The van der Waals surface area contributed by atoms with Crippen molar-refractivity contribution >= 4 is 21.9 Å². The van der Waals surface area contributed by atoms with Crippen LogP contribution in [0.15, 0.2) is 23.1 Å². The molecule has 2 fully saturated rings. The smallest absolute Gasteiger partial charge is 0.342 e. The molecule has 2 aliphatic heterocycles. The van der Waals surface area contributed by atoms with Crippen molar-refractivity contribution in [2.45, 2.75) is 23.8 Å². The minimum atomic E-state index is -4.12. The lowest BCUT2D eigenvalue weighted by atomic mass is 10.1. The lowest BCUT2D eigenvalue weighted by Gasteiger charge is -2.40. The number of hydrogen-bond acceptors (Lipinski definition) is 6. The van der Waals surface area contributed by atoms with E-state index in [1.807, 2.05) is 0 Å². The Hall–Kier alpha value is -2.04. The maximum absolute atomic E-state index is 14.2. The summed E-state index contributed by atoms with van der Waals surface area (Å²) in [5, 5.41) is 2.99. The van der Waals surface area contributed by atoms with Crippen LogP contribution in [-0.4, -0.2) is 75.4 Å². The van der Waals surface area contributed by atoms with Gasteiger partial charge in [-0.2, -0.15) is 4.31 Å². The lowest BCUT2D eigenvalue weighted by molar-refractivity contribution is -0.135. The van der Waals surface area contributed by atoms with Crippen LogP contribution in [0.2, 0.25) is 0 Å². The minimum absolute atomic E-state index is 0.0634. The van der Waals surface area contributed by atoms with Gasteiger partial charge in [0, 0.05) is 32.2 Å². The fourth-order valence-electron chi connectivity index (χ4n) is 3.56. The van der Waals surface area contributed by atoms with Crippen molar-refractivity contribution in [1.29, 1.82) is 0 Å². The van der Waals surface area contributed by atoms with Crippen LogP contribution in [0.3, 0.4) is 0 Å². The maximum atomic E-state index is 14.2. The molecule has 10 heteroatoms. The number of amides is 1. The lowest BCUT2D eigenvalue weighted by Crippen LogP contribution is -2.57. The topological polar surface area (TPSA) is 96.0 Å². The Kier molecular flexibility index (Phi) is 5.78. The van der Waals surface area contributed by atoms with Crippen LogP contribution in [0.5, 0.6) is 0 Å². The van der Waals surface area contributed by atoms with Gasteiger partial charge in [0.1, 0.15) is 11.4 Å². The molecule has 148 valence electrons. The third kappa shape index (κ3) is 3.83. The zero-order chi connectivity index (χ0) is 19.6. The second-order valence-electron chi connectivity index (χ2n) is 6.53. The van der Waals surface area contributed by atoms with Gasteiger partial charge in [0.15, 0.2) is 0 Å². The normalized spacial score (nSPS) is 21.9. The quantitative estimate of drug-likeness (QED) is 0.727. The average Bonchev–Trinajstić information content (AvgIpc) is 2.67. The van der Waals surface area contributed by atoms with E-state index in [4.69, 9.17) is 0 Å². The van der Waals surface area contributed by atoms with E-state index in [0.717, 1.165) is 13.2 Å². The summed E-state index contributed by atoms with van der Waals surface area (Å²) in [5.41, 5.74) is -0.597. The number of piperidine rings is 1. The molecule has 3 rings (SSSR count). The summed E-state index contributed by atoms with van der Waals surface area (Å²) in [7, 11) is -3.05. The summed E-state index contributed by atoms with van der Waals surface area (Å²) in [6.07, 6.45) is 1.27. The van der Waals surface area contributed by atoms with Crippen LogP contribution < -0.4 is 5.32 Å². The van der Waals surface area contributed by atoms with E-state index >= 15 is 0 Å². The van der Waals surface area contributed by atoms with Gasteiger partial charge < -0.3 is 15.0 Å². The van der Waals surface area contributed by atoms with Gasteiger partial charge in [-0.1, -0.05) is 6.07 Å². The molecule has 0 aliphatic carbocycles. The maximum Gasteiger partial charge on any atom is 0.342 e. The van der Waals surface area contributed by atoms with E-state index in [1.54, 1.807) is 4.90 Å². The predicted molar refractivity (Wildman–Crippen MR) is 94.1 cm³/mol. The van der Waals surface area contributed by atoms with Crippen LogP contribution >= 0.6 is 0 Å². The highest BCUT2D eigenvalue weighted by Gasteiger charge is 2.37. The van der Waals surface area contributed by atoms with Gasteiger partial charge in [-0.25, -0.2) is 17.6 Å². The van der Waals surface area contributed by atoms with E-state index in [1.165, 1.54) is 16.4 Å². The van der Waals surface area contributed by atoms with E-state index in [2.05, 4.69) is 10.1 Å². The Balaban J connectivity index is 1.90. The van der Waals surface area contributed by atoms with Gasteiger partial charge >= 0.3 is 5.97 Å². The van der Waals surface area contributed by atoms with E-state index in [-0.39, 0.29) is 31.6 Å². The van der Waals surface area contributed by atoms with Crippen LogP contribution in [0.4, 0.5) is 4.39 Å². The summed E-state index contributed by atoms with van der Waals surface area (Å²) < 4.78 is 46.2. The van der Waals surface area contributed by atoms with Gasteiger partial charge in [0.25, 0.3) is 0 Å². The van der Waals surface area contributed by atoms with Crippen molar-refractivity contribution in [2.75, 3.05) is 39.8 Å². The molecule has 8 nitrogen and oxygen atoms in total. The number of ether oxygens (including phenoxy) is 1. The summed E-state index contributed by atoms with van der Waals surface area (Å²) in [6, 6.07) is 3.22. The molecule has 0 aromatic heterocycles. The Bertz CT molecular complexity index is 845. The molecule has 2 heterocycles. The highest BCUT2D eigenvalue weighted by atomic mass is 32.2. The van der Waals surface area contributed by atoms with Crippen LogP contribution in [0.1, 0.15) is 23.2 Å². The molecule has 27 heavy (non-hydrogen) atoms. The van der Waals surface area contributed by atoms with Gasteiger partial charge in [-0.05, 0) is 25.0 Å². The molecule has 1 atom stereocenters. The molecule has 0 bridgehead atoms. The minimum Gasteiger partial charge on any atom is -0.465 e. The molecule has 0 saturated carbocycles. The second kappa shape index (κ2) is 7.91. The standard InChI is InChI=1S/C17H22FN3O5S/c1-26-17(23)16-13(18)5-2-6-14(16)27(24,25)20-8-3-4-12(11-20)21-9-7-19-10-15(21)22/h2,5-6,12,19H,3-4,7-11H2,1H3. The number of rotatable bonds is 4. The number of carbonyl (C=O) groups excluding carboxylic acids is 2. The first-order valence-electron chi connectivity index (χ1n) is 8.73. The van der Waals surface area contributed by atoms with Gasteiger partial charge in [-0.3, -0.25) is 4.79 Å². The van der Waals surface area contributed by atoms with Crippen molar-refractivity contribution in [2.24, 2.45) is 0 Å². The number of halogens is 1. The number of sulfonamides is 1. The zero-order valence-corrected chi connectivity index (χ0v) is 15.8. The Morgan fingerprint density at radius 2 is 2.11 bits per heavy atom. The summed E-state index contributed by atoms with van der Waals surface area (Å²) in [5.74, 6) is -2.06. The molecule has 1 N–H and O–H groups in total. The number of benzene rings is 1.